The van der Waals surface area contributed by atoms with Gasteiger partial charge >= 0.3 is 0 Å². The van der Waals surface area contributed by atoms with Crippen LogP contribution in [0.2, 0.25) is 0 Å². The number of hydrogen-bond acceptors (Lipinski definition) is 8. The fourth-order valence-corrected chi connectivity index (χ4v) is 4.05. The van der Waals surface area contributed by atoms with Gasteiger partial charge in [-0.1, -0.05) is 11.3 Å². The molecule has 2 aromatic heterocycles. The first-order chi connectivity index (χ1) is 12.0. The van der Waals surface area contributed by atoms with Crippen LogP contribution in [0, 0.1) is 6.92 Å². The second-order valence-electron chi connectivity index (χ2n) is 6.68. The van der Waals surface area contributed by atoms with Crippen molar-refractivity contribution in [1.82, 2.24) is 20.4 Å². The zero-order chi connectivity index (χ0) is 17.4. The van der Waals surface area contributed by atoms with Gasteiger partial charge in [-0.2, -0.15) is 0 Å². The maximum absolute atomic E-state index is 12.4. The van der Waals surface area contributed by atoms with E-state index < -0.39 is 0 Å². The second kappa shape index (κ2) is 6.40. The number of aromatic nitrogens is 2. The molecule has 4 rings (SSSR count). The quantitative estimate of drug-likeness (QED) is 0.854. The average Bonchev–Trinajstić information content (AvgIpc) is 3.21. The summed E-state index contributed by atoms with van der Waals surface area (Å²) in [6.07, 6.45) is 1.60. The number of hydrogen-bond donors (Lipinski definition) is 1. The lowest BCUT2D eigenvalue weighted by Crippen LogP contribution is -2.72. The highest BCUT2D eigenvalue weighted by atomic mass is 32.1. The average molecular weight is 363 g/mol. The Labute approximate surface area is 149 Å². The minimum atomic E-state index is -0.279. The molecule has 2 saturated heterocycles. The van der Waals surface area contributed by atoms with E-state index in [1.165, 1.54) is 0 Å². The third-order valence-electron chi connectivity index (χ3n) is 4.68. The lowest BCUT2D eigenvalue weighted by atomic mass is 9.91. The highest BCUT2D eigenvalue weighted by Gasteiger charge is 2.50. The van der Waals surface area contributed by atoms with E-state index in [2.05, 4.69) is 25.3 Å². The van der Waals surface area contributed by atoms with E-state index in [4.69, 9.17) is 9.15 Å². The van der Waals surface area contributed by atoms with Gasteiger partial charge in [0, 0.05) is 6.54 Å². The second-order valence-corrected chi connectivity index (χ2v) is 7.84. The molecule has 0 aliphatic carbocycles. The third-order valence-corrected chi connectivity index (χ3v) is 5.58. The Morgan fingerprint density at radius 1 is 1.44 bits per heavy atom. The molecule has 1 amide bonds. The fourth-order valence-electron chi connectivity index (χ4n) is 3.36. The van der Waals surface area contributed by atoms with Crippen LogP contribution in [0.1, 0.15) is 10.8 Å². The number of aryl methyl sites for hydroxylation is 1. The molecular formula is C16H21N5O3S. The predicted octanol–water partition coefficient (Wildman–Crippen LogP) is 0.645. The Morgan fingerprint density at radius 2 is 2.28 bits per heavy atom. The maximum atomic E-state index is 12.4. The SMILES string of the molecule is Cc1nnc(N2CC3(C2)CN(C)[C@H](C(=O)NCc2ccco2)CO3)s1. The first-order valence-electron chi connectivity index (χ1n) is 8.24. The number of carbonyl (C=O) groups excluding carboxylic acids is 1. The summed E-state index contributed by atoms with van der Waals surface area (Å²) < 4.78 is 11.3. The van der Waals surface area contributed by atoms with Crippen LogP contribution in [0.25, 0.3) is 0 Å². The van der Waals surface area contributed by atoms with Gasteiger partial charge in [0.15, 0.2) is 0 Å². The lowest BCUT2D eigenvalue weighted by Gasteiger charge is -2.54. The molecule has 1 spiro atoms. The highest BCUT2D eigenvalue weighted by molar-refractivity contribution is 7.15. The molecule has 1 atom stereocenters. The van der Waals surface area contributed by atoms with E-state index in [0.717, 1.165) is 35.5 Å². The molecule has 134 valence electrons. The van der Waals surface area contributed by atoms with Crippen molar-refractivity contribution in [3.05, 3.63) is 29.2 Å². The zero-order valence-electron chi connectivity index (χ0n) is 14.3. The summed E-state index contributed by atoms with van der Waals surface area (Å²) in [6.45, 7) is 5.03. The molecule has 25 heavy (non-hydrogen) atoms. The number of furan rings is 1. The molecule has 9 heteroatoms. The Hall–Kier alpha value is -1.97. The van der Waals surface area contributed by atoms with Crippen LogP contribution in [0.3, 0.4) is 0 Å². The van der Waals surface area contributed by atoms with Crippen LogP contribution in [-0.4, -0.2) is 65.9 Å². The van der Waals surface area contributed by atoms with Crippen LogP contribution in [0.4, 0.5) is 5.13 Å². The number of nitrogens with one attached hydrogen (secondary N) is 1. The minimum absolute atomic E-state index is 0.0373. The van der Waals surface area contributed by atoms with Crippen LogP contribution < -0.4 is 10.2 Å². The zero-order valence-corrected chi connectivity index (χ0v) is 15.1. The van der Waals surface area contributed by atoms with Crippen LogP contribution in [-0.2, 0) is 16.1 Å². The number of nitrogens with zero attached hydrogens (tertiary/aromatic N) is 4. The van der Waals surface area contributed by atoms with Crippen molar-refractivity contribution in [2.75, 3.05) is 38.2 Å². The molecule has 1 N–H and O–H groups in total. The van der Waals surface area contributed by atoms with E-state index in [1.807, 2.05) is 26.1 Å². The van der Waals surface area contributed by atoms with Crippen molar-refractivity contribution < 1.29 is 13.9 Å². The Bertz CT molecular complexity index is 741. The molecule has 2 fully saturated rings. The first kappa shape index (κ1) is 16.5. The number of rotatable bonds is 4. The van der Waals surface area contributed by atoms with E-state index in [0.29, 0.717) is 13.2 Å². The molecule has 0 saturated carbocycles. The molecule has 0 unspecified atom stereocenters. The van der Waals surface area contributed by atoms with Gasteiger partial charge in [-0.25, -0.2) is 0 Å². The Kier molecular flexibility index (Phi) is 4.22. The number of anilines is 1. The van der Waals surface area contributed by atoms with Crippen molar-refractivity contribution >= 4 is 22.4 Å². The van der Waals surface area contributed by atoms with Crippen LogP contribution in [0.15, 0.2) is 22.8 Å². The third kappa shape index (κ3) is 3.26. The van der Waals surface area contributed by atoms with E-state index >= 15 is 0 Å². The molecule has 0 radical (unpaired) electrons. The van der Waals surface area contributed by atoms with Gasteiger partial charge in [-0.3, -0.25) is 9.69 Å². The maximum Gasteiger partial charge on any atom is 0.240 e. The van der Waals surface area contributed by atoms with Gasteiger partial charge in [0.05, 0.1) is 32.5 Å². The summed E-state index contributed by atoms with van der Waals surface area (Å²) in [6, 6.07) is 3.37. The number of carbonyl (C=O) groups is 1. The molecule has 4 heterocycles. The van der Waals surface area contributed by atoms with E-state index in [-0.39, 0.29) is 17.6 Å². The van der Waals surface area contributed by atoms with Gasteiger partial charge in [0.25, 0.3) is 0 Å². The Morgan fingerprint density at radius 3 is 2.92 bits per heavy atom. The van der Waals surface area contributed by atoms with Gasteiger partial charge in [-0.05, 0) is 26.1 Å². The van der Waals surface area contributed by atoms with Crippen molar-refractivity contribution in [1.29, 1.82) is 0 Å². The van der Waals surface area contributed by atoms with E-state index in [1.54, 1.807) is 17.6 Å². The molecule has 2 aromatic rings. The summed E-state index contributed by atoms with van der Waals surface area (Å²) in [7, 11) is 1.97. The number of ether oxygens (including phenoxy) is 1. The first-order valence-corrected chi connectivity index (χ1v) is 9.06. The topological polar surface area (TPSA) is 83.7 Å². The van der Waals surface area contributed by atoms with Crippen molar-refractivity contribution in [3.63, 3.8) is 0 Å². The van der Waals surface area contributed by atoms with Gasteiger partial charge in [0.2, 0.25) is 11.0 Å². The summed E-state index contributed by atoms with van der Waals surface area (Å²) in [5.74, 6) is 0.705. The summed E-state index contributed by atoms with van der Waals surface area (Å²) >= 11 is 1.59. The lowest BCUT2D eigenvalue weighted by molar-refractivity contribution is -0.157. The van der Waals surface area contributed by atoms with Gasteiger partial charge in [-0.15, -0.1) is 10.2 Å². The Balaban J connectivity index is 1.30. The van der Waals surface area contributed by atoms with Crippen molar-refractivity contribution in [3.8, 4) is 0 Å². The summed E-state index contributed by atoms with van der Waals surface area (Å²) in [4.78, 5) is 16.7. The largest absolute Gasteiger partial charge is 0.467 e. The predicted molar refractivity (Wildman–Crippen MR) is 92.5 cm³/mol. The molecule has 0 bridgehead atoms. The fraction of sp³-hybridized carbons (Fsp3) is 0.562. The number of amides is 1. The van der Waals surface area contributed by atoms with Crippen LogP contribution >= 0.6 is 11.3 Å². The highest BCUT2D eigenvalue weighted by Crippen LogP contribution is 2.35. The standard InChI is InChI=1S/C16H21N5O3S/c1-11-18-19-15(25-11)21-9-16(10-21)8-20(2)13(7-24-16)14(22)17-6-12-4-3-5-23-12/h3-5,13H,6-10H2,1-2H3,(H,17,22)/t13-/m0/s1. The number of likely N-dealkylation sites (N-methyl/N-ethyl adjacent to an activating group) is 1. The summed E-state index contributed by atoms with van der Waals surface area (Å²) in [5, 5.41) is 13.0. The molecule has 8 nitrogen and oxygen atoms in total. The van der Waals surface area contributed by atoms with Crippen LogP contribution in [0.5, 0.6) is 0 Å². The molecular weight excluding hydrogens is 342 g/mol. The summed E-state index contributed by atoms with van der Waals surface area (Å²) in [5.41, 5.74) is -0.216. The van der Waals surface area contributed by atoms with Crippen molar-refractivity contribution in [2.24, 2.45) is 0 Å². The smallest absolute Gasteiger partial charge is 0.240 e. The van der Waals surface area contributed by atoms with Crippen molar-refractivity contribution in [2.45, 2.75) is 25.1 Å². The number of morpholine rings is 1. The van der Waals surface area contributed by atoms with Gasteiger partial charge < -0.3 is 19.4 Å². The van der Waals surface area contributed by atoms with Gasteiger partial charge in [0.1, 0.15) is 22.4 Å². The minimum Gasteiger partial charge on any atom is -0.467 e. The molecule has 2 aliphatic rings. The van der Waals surface area contributed by atoms with E-state index in [9.17, 15) is 4.79 Å². The molecule has 0 aromatic carbocycles. The normalized spacial score (nSPS) is 22.8. The monoisotopic (exact) mass is 363 g/mol. The molecule has 2 aliphatic heterocycles.